The SMILES string of the molecule is Cc1ccccc1NCc1c(OCc2ccc(F)cc2)ccc2ccccc12. The maximum Gasteiger partial charge on any atom is 0.125 e. The largest absolute Gasteiger partial charge is 0.489 e. The highest BCUT2D eigenvalue weighted by Crippen LogP contribution is 2.30. The summed E-state index contributed by atoms with van der Waals surface area (Å²) in [6.45, 7) is 3.15. The van der Waals surface area contributed by atoms with Crippen LogP contribution in [0.1, 0.15) is 16.7 Å². The van der Waals surface area contributed by atoms with Crippen LogP contribution in [0.3, 0.4) is 0 Å². The van der Waals surface area contributed by atoms with E-state index in [9.17, 15) is 4.39 Å². The first-order valence-electron chi connectivity index (χ1n) is 9.38. The third-order valence-corrected chi connectivity index (χ3v) is 4.91. The number of hydrogen-bond donors (Lipinski definition) is 1. The Morgan fingerprint density at radius 3 is 2.39 bits per heavy atom. The number of ether oxygens (including phenoxy) is 1. The lowest BCUT2D eigenvalue weighted by molar-refractivity contribution is 0.303. The summed E-state index contributed by atoms with van der Waals surface area (Å²) in [4.78, 5) is 0. The maximum atomic E-state index is 13.1. The van der Waals surface area contributed by atoms with Crippen LogP contribution in [0.5, 0.6) is 5.75 Å². The molecule has 0 radical (unpaired) electrons. The van der Waals surface area contributed by atoms with Gasteiger partial charge < -0.3 is 10.1 Å². The van der Waals surface area contributed by atoms with E-state index < -0.39 is 0 Å². The van der Waals surface area contributed by atoms with Crippen molar-refractivity contribution in [1.82, 2.24) is 0 Å². The molecular formula is C25H22FNO. The van der Waals surface area contributed by atoms with Gasteiger partial charge >= 0.3 is 0 Å². The van der Waals surface area contributed by atoms with Crippen molar-refractivity contribution in [1.29, 1.82) is 0 Å². The van der Waals surface area contributed by atoms with Gasteiger partial charge in [0.25, 0.3) is 0 Å². The Labute approximate surface area is 164 Å². The molecule has 28 heavy (non-hydrogen) atoms. The van der Waals surface area contributed by atoms with Gasteiger partial charge in [-0.15, -0.1) is 0 Å². The summed E-state index contributed by atoms with van der Waals surface area (Å²) in [6.07, 6.45) is 0. The van der Waals surface area contributed by atoms with Crippen LogP contribution < -0.4 is 10.1 Å². The molecule has 3 heteroatoms. The van der Waals surface area contributed by atoms with Gasteiger partial charge in [0.05, 0.1) is 0 Å². The van der Waals surface area contributed by atoms with E-state index in [1.54, 1.807) is 12.1 Å². The van der Waals surface area contributed by atoms with Crippen molar-refractivity contribution in [2.75, 3.05) is 5.32 Å². The van der Waals surface area contributed by atoms with E-state index >= 15 is 0 Å². The molecule has 4 rings (SSSR count). The van der Waals surface area contributed by atoms with E-state index in [4.69, 9.17) is 4.74 Å². The van der Waals surface area contributed by atoms with Crippen LogP contribution in [-0.2, 0) is 13.2 Å². The predicted molar refractivity (Wildman–Crippen MR) is 113 cm³/mol. The lowest BCUT2D eigenvalue weighted by Crippen LogP contribution is -2.05. The third kappa shape index (κ3) is 3.99. The highest BCUT2D eigenvalue weighted by atomic mass is 19.1. The summed E-state index contributed by atoms with van der Waals surface area (Å²) in [5.41, 5.74) is 4.37. The molecule has 1 N–H and O–H groups in total. The smallest absolute Gasteiger partial charge is 0.125 e. The van der Waals surface area contributed by atoms with Gasteiger partial charge in [0.2, 0.25) is 0 Å². The van der Waals surface area contributed by atoms with Gasteiger partial charge in [-0.3, -0.25) is 0 Å². The molecule has 0 saturated heterocycles. The van der Waals surface area contributed by atoms with Crippen LogP contribution in [0, 0.1) is 12.7 Å². The number of fused-ring (bicyclic) bond motifs is 1. The molecule has 0 heterocycles. The predicted octanol–water partition coefficient (Wildman–Crippen LogP) is 6.48. The monoisotopic (exact) mass is 371 g/mol. The average molecular weight is 371 g/mol. The van der Waals surface area contributed by atoms with Crippen LogP contribution in [-0.4, -0.2) is 0 Å². The van der Waals surface area contributed by atoms with Gasteiger partial charge in [-0.25, -0.2) is 4.39 Å². The number of rotatable bonds is 6. The van der Waals surface area contributed by atoms with Gasteiger partial charge in [0, 0.05) is 17.8 Å². The first-order valence-corrected chi connectivity index (χ1v) is 9.38. The number of aryl methyl sites for hydroxylation is 1. The van der Waals surface area contributed by atoms with E-state index in [-0.39, 0.29) is 5.82 Å². The van der Waals surface area contributed by atoms with Crippen LogP contribution >= 0.6 is 0 Å². The summed E-state index contributed by atoms with van der Waals surface area (Å²) in [6, 6.07) is 27.1. The summed E-state index contributed by atoms with van der Waals surface area (Å²) in [7, 11) is 0. The Hall–Kier alpha value is -3.33. The van der Waals surface area contributed by atoms with Gasteiger partial charge in [0.15, 0.2) is 0 Å². The molecule has 0 fully saturated rings. The van der Waals surface area contributed by atoms with Crippen molar-refractivity contribution in [3.63, 3.8) is 0 Å². The average Bonchev–Trinajstić information content (AvgIpc) is 2.73. The number of anilines is 1. The number of hydrogen-bond acceptors (Lipinski definition) is 2. The second-order valence-electron chi connectivity index (χ2n) is 6.85. The topological polar surface area (TPSA) is 21.3 Å². The highest BCUT2D eigenvalue weighted by molar-refractivity contribution is 5.88. The van der Waals surface area contributed by atoms with Crippen LogP contribution in [0.15, 0.2) is 84.9 Å². The molecule has 0 bridgehead atoms. The minimum atomic E-state index is -0.238. The summed E-state index contributed by atoms with van der Waals surface area (Å²) >= 11 is 0. The van der Waals surface area contributed by atoms with Gasteiger partial charge in [-0.05, 0) is 53.1 Å². The van der Waals surface area contributed by atoms with Crippen molar-refractivity contribution in [2.24, 2.45) is 0 Å². The van der Waals surface area contributed by atoms with Crippen molar-refractivity contribution >= 4 is 16.5 Å². The summed E-state index contributed by atoms with van der Waals surface area (Å²) in [5.74, 6) is 0.599. The Kier molecular flexibility index (Phi) is 5.24. The van der Waals surface area contributed by atoms with Crippen LogP contribution in [0.25, 0.3) is 10.8 Å². The molecule has 0 saturated carbocycles. The summed E-state index contributed by atoms with van der Waals surface area (Å²) < 4.78 is 19.3. The molecule has 4 aromatic carbocycles. The molecule has 0 spiro atoms. The molecule has 0 aromatic heterocycles. The standard InChI is InChI=1S/C25H22FNO/c1-18-6-2-5-9-24(18)27-16-23-22-8-4-3-7-20(22)12-15-25(23)28-17-19-10-13-21(26)14-11-19/h2-15,27H,16-17H2,1H3. The minimum absolute atomic E-state index is 0.238. The maximum absolute atomic E-state index is 13.1. The number of halogens is 1. The number of benzene rings is 4. The van der Waals surface area contributed by atoms with Gasteiger partial charge in [-0.2, -0.15) is 0 Å². The second kappa shape index (κ2) is 8.13. The molecular weight excluding hydrogens is 349 g/mol. The zero-order valence-electron chi connectivity index (χ0n) is 15.8. The van der Waals surface area contributed by atoms with E-state index in [1.165, 1.54) is 28.5 Å². The van der Waals surface area contributed by atoms with E-state index in [0.29, 0.717) is 13.2 Å². The Balaban J connectivity index is 1.62. The van der Waals surface area contributed by atoms with Crippen LogP contribution in [0.4, 0.5) is 10.1 Å². The molecule has 0 amide bonds. The third-order valence-electron chi connectivity index (χ3n) is 4.91. The quantitative estimate of drug-likeness (QED) is 0.419. The minimum Gasteiger partial charge on any atom is -0.489 e. The van der Waals surface area contributed by atoms with Crippen molar-refractivity contribution in [2.45, 2.75) is 20.1 Å². The number of para-hydroxylation sites is 1. The van der Waals surface area contributed by atoms with Gasteiger partial charge in [0.1, 0.15) is 18.2 Å². The lowest BCUT2D eigenvalue weighted by atomic mass is 10.0. The fraction of sp³-hybridized carbons (Fsp3) is 0.120. The van der Waals surface area contributed by atoms with Crippen molar-refractivity contribution in [3.05, 3.63) is 107 Å². The first-order chi connectivity index (χ1) is 13.7. The lowest BCUT2D eigenvalue weighted by Gasteiger charge is -2.16. The Morgan fingerprint density at radius 1 is 0.821 bits per heavy atom. The molecule has 2 nitrogen and oxygen atoms in total. The molecule has 0 atom stereocenters. The molecule has 0 aliphatic rings. The highest BCUT2D eigenvalue weighted by Gasteiger charge is 2.10. The zero-order chi connectivity index (χ0) is 19.3. The fourth-order valence-electron chi connectivity index (χ4n) is 3.33. The Morgan fingerprint density at radius 2 is 1.57 bits per heavy atom. The first kappa shape index (κ1) is 18.1. The second-order valence-corrected chi connectivity index (χ2v) is 6.85. The van der Waals surface area contributed by atoms with Crippen molar-refractivity contribution in [3.8, 4) is 5.75 Å². The fourth-order valence-corrected chi connectivity index (χ4v) is 3.33. The van der Waals surface area contributed by atoms with Crippen LogP contribution in [0.2, 0.25) is 0 Å². The van der Waals surface area contributed by atoms with Gasteiger partial charge in [-0.1, -0.05) is 60.7 Å². The number of nitrogens with one attached hydrogen (secondary N) is 1. The molecule has 4 aromatic rings. The van der Waals surface area contributed by atoms with Crippen molar-refractivity contribution < 1.29 is 9.13 Å². The normalized spacial score (nSPS) is 10.8. The molecule has 0 aliphatic carbocycles. The van der Waals surface area contributed by atoms with E-state index in [1.807, 2.05) is 30.3 Å². The Bertz CT molecular complexity index is 1090. The molecule has 0 aliphatic heterocycles. The molecule has 0 unspecified atom stereocenters. The summed E-state index contributed by atoms with van der Waals surface area (Å²) in [5, 5.41) is 5.88. The zero-order valence-corrected chi connectivity index (χ0v) is 15.8. The molecule has 140 valence electrons. The van der Waals surface area contributed by atoms with E-state index in [2.05, 4.69) is 42.6 Å². The van der Waals surface area contributed by atoms with E-state index in [0.717, 1.165) is 22.6 Å².